The van der Waals surface area contributed by atoms with Crippen molar-refractivity contribution in [3.05, 3.63) is 80.9 Å². The summed E-state index contributed by atoms with van der Waals surface area (Å²) < 4.78 is 60.3. The van der Waals surface area contributed by atoms with Crippen LogP contribution >= 0.6 is 0 Å². The zero-order valence-corrected chi connectivity index (χ0v) is 16.6. The van der Waals surface area contributed by atoms with Gasteiger partial charge in [-0.05, 0) is 29.7 Å². The Morgan fingerprint density at radius 2 is 1.62 bits per heavy atom. The largest absolute Gasteiger partial charge is 0.373 e. The van der Waals surface area contributed by atoms with Crippen molar-refractivity contribution in [2.24, 2.45) is 0 Å². The number of benzene rings is 2. The van der Waals surface area contributed by atoms with Crippen LogP contribution in [-0.4, -0.2) is 34.4 Å². The van der Waals surface area contributed by atoms with Crippen LogP contribution in [0.1, 0.15) is 27.8 Å². The summed E-state index contributed by atoms with van der Waals surface area (Å²) in [5.74, 6) is -4.89. The van der Waals surface area contributed by atoms with E-state index >= 15 is 0 Å². The number of aromatic nitrogens is 2. The van der Waals surface area contributed by atoms with Crippen molar-refractivity contribution in [3.63, 3.8) is 0 Å². The number of H-pyrrole nitrogens is 2. The molecule has 0 radical (unpaired) electrons. The number of carbonyl (C=O) groups is 1. The second kappa shape index (κ2) is 7.20. The highest BCUT2D eigenvalue weighted by atomic mass is 19.2. The van der Waals surface area contributed by atoms with Gasteiger partial charge in [-0.25, -0.2) is 17.6 Å². The molecule has 0 saturated heterocycles. The molecular formula is C22H15F4N3O3. The molecule has 5 rings (SSSR count). The number of ether oxygens (including phenoxy) is 1. The molecular weight excluding hydrogens is 430 g/mol. The molecule has 164 valence electrons. The van der Waals surface area contributed by atoms with Gasteiger partial charge in [-0.15, -0.1) is 0 Å². The first-order chi connectivity index (χ1) is 15.2. The Morgan fingerprint density at radius 1 is 0.969 bits per heavy atom. The molecule has 0 bridgehead atoms. The van der Waals surface area contributed by atoms with Crippen LogP contribution in [-0.2, 0) is 11.3 Å². The van der Waals surface area contributed by atoms with Crippen LogP contribution in [0.15, 0.2) is 35.1 Å². The molecule has 32 heavy (non-hydrogen) atoms. The second-order valence-electron chi connectivity index (χ2n) is 7.64. The van der Waals surface area contributed by atoms with Crippen LogP contribution in [0, 0.1) is 23.3 Å². The number of nitrogens with one attached hydrogen (secondary N) is 2. The molecule has 2 N–H and O–H groups in total. The van der Waals surface area contributed by atoms with Crippen molar-refractivity contribution in [2.75, 3.05) is 13.7 Å². The maximum Gasteiger partial charge on any atom is 0.270 e. The number of pyridine rings is 1. The number of fused-ring (bicyclic) bond motifs is 4. The average molecular weight is 445 g/mol. The Bertz CT molecular complexity index is 1440. The van der Waals surface area contributed by atoms with Gasteiger partial charge in [0, 0.05) is 35.3 Å². The van der Waals surface area contributed by atoms with Crippen LogP contribution in [0.2, 0.25) is 0 Å². The fourth-order valence-electron chi connectivity index (χ4n) is 4.12. The Balaban J connectivity index is 1.61. The smallest absolute Gasteiger partial charge is 0.270 e. The van der Waals surface area contributed by atoms with Crippen LogP contribution in [0.4, 0.5) is 17.6 Å². The van der Waals surface area contributed by atoms with E-state index in [-0.39, 0.29) is 35.2 Å². The number of hydrogen-bond donors (Lipinski definition) is 2. The van der Waals surface area contributed by atoms with Crippen molar-refractivity contribution in [1.29, 1.82) is 0 Å². The minimum atomic E-state index is -1.16. The van der Waals surface area contributed by atoms with Gasteiger partial charge in [0.2, 0.25) is 0 Å². The van der Waals surface area contributed by atoms with Crippen molar-refractivity contribution in [1.82, 2.24) is 14.9 Å². The first-order valence-corrected chi connectivity index (χ1v) is 9.61. The number of hydrogen-bond acceptors (Lipinski definition) is 3. The monoisotopic (exact) mass is 445 g/mol. The third-order valence-corrected chi connectivity index (χ3v) is 5.72. The highest BCUT2D eigenvalue weighted by Crippen LogP contribution is 2.34. The second-order valence-corrected chi connectivity index (χ2v) is 7.64. The summed E-state index contributed by atoms with van der Waals surface area (Å²) in [6, 6.07) is 4.34. The fourth-order valence-corrected chi connectivity index (χ4v) is 4.12. The lowest BCUT2D eigenvalue weighted by Gasteiger charge is -2.33. The number of amides is 1. The molecule has 0 aliphatic carbocycles. The Hall–Kier alpha value is -3.66. The van der Waals surface area contributed by atoms with E-state index in [0.717, 1.165) is 24.3 Å². The summed E-state index contributed by atoms with van der Waals surface area (Å²) in [5.41, 5.74) is 0.508. The minimum Gasteiger partial charge on any atom is -0.373 e. The van der Waals surface area contributed by atoms with E-state index in [1.165, 1.54) is 18.0 Å². The number of carbonyl (C=O) groups excluding carboxylic acids is 1. The van der Waals surface area contributed by atoms with E-state index in [1.54, 1.807) is 0 Å². The van der Waals surface area contributed by atoms with E-state index in [4.69, 9.17) is 4.74 Å². The number of halogens is 4. The molecule has 0 unspecified atom stereocenters. The fraction of sp³-hybridized carbons (Fsp3) is 0.182. The summed E-state index contributed by atoms with van der Waals surface area (Å²) in [4.78, 5) is 32.2. The lowest BCUT2D eigenvalue weighted by molar-refractivity contribution is 0.0333. The van der Waals surface area contributed by atoms with Crippen LogP contribution < -0.4 is 5.56 Å². The van der Waals surface area contributed by atoms with Crippen molar-refractivity contribution >= 4 is 27.6 Å². The molecule has 4 aromatic rings. The maximum atomic E-state index is 14.0. The van der Waals surface area contributed by atoms with Crippen LogP contribution in [0.3, 0.4) is 0 Å². The van der Waals surface area contributed by atoms with Gasteiger partial charge in [-0.2, -0.15) is 0 Å². The number of likely N-dealkylation sites (N-methyl/N-ethyl adjacent to an activating group) is 1. The SMILES string of the molecule is CN(C(=O)c1cc2cc(F)c(F)cc2[nH]1)[C@@H]1COCc2[nH]c(=O)c3cc(F)c(F)cc3c21. The van der Waals surface area contributed by atoms with Crippen LogP contribution in [0.5, 0.6) is 0 Å². The summed E-state index contributed by atoms with van der Waals surface area (Å²) in [7, 11) is 1.48. The standard InChI is InChI=1S/C22H15F4N3O3/c1-29(22(31)17-3-9-2-12(23)15(26)6-16(9)27-17)19-8-32-7-18-20(19)10-4-13(24)14(25)5-11(10)21(30)28-18/h2-6,19,27H,7-8H2,1H3,(H,28,30)/t19-/m1/s1. The maximum absolute atomic E-state index is 14.0. The van der Waals surface area contributed by atoms with Gasteiger partial charge in [-0.1, -0.05) is 0 Å². The highest BCUT2D eigenvalue weighted by molar-refractivity contribution is 5.98. The number of rotatable bonds is 2. The molecule has 10 heteroatoms. The molecule has 1 amide bonds. The molecule has 0 fully saturated rings. The van der Waals surface area contributed by atoms with E-state index in [1.807, 2.05) is 0 Å². The van der Waals surface area contributed by atoms with Gasteiger partial charge < -0.3 is 19.6 Å². The molecule has 0 saturated carbocycles. The quantitative estimate of drug-likeness (QED) is 0.460. The van der Waals surface area contributed by atoms with Crippen LogP contribution in [0.25, 0.3) is 21.7 Å². The first kappa shape index (κ1) is 20.3. The van der Waals surface area contributed by atoms with Crippen molar-refractivity contribution in [2.45, 2.75) is 12.6 Å². The zero-order valence-electron chi connectivity index (χ0n) is 16.6. The van der Waals surface area contributed by atoms with E-state index in [9.17, 15) is 27.2 Å². The average Bonchev–Trinajstić information content (AvgIpc) is 3.16. The third kappa shape index (κ3) is 3.06. The van der Waals surface area contributed by atoms with Gasteiger partial charge in [0.05, 0.1) is 24.6 Å². The van der Waals surface area contributed by atoms with Gasteiger partial charge in [-0.3, -0.25) is 9.59 Å². The Morgan fingerprint density at radius 3 is 2.38 bits per heavy atom. The molecule has 6 nitrogen and oxygen atoms in total. The van der Waals surface area contributed by atoms with Gasteiger partial charge in [0.15, 0.2) is 23.3 Å². The predicted molar refractivity (Wildman–Crippen MR) is 107 cm³/mol. The third-order valence-electron chi connectivity index (χ3n) is 5.72. The summed E-state index contributed by atoms with van der Waals surface area (Å²) in [6.07, 6.45) is 0. The molecule has 1 atom stereocenters. The van der Waals surface area contributed by atoms with E-state index in [0.29, 0.717) is 16.6 Å². The lowest BCUT2D eigenvalue weighted by atomic mass is 9.95. The first-order valence-electron chi connectivity index (χ1n) is 9.61. The highest BCUT2D eigenvalue weighted by Gasteiger charge is 2.32. The summed E-state index contributed by atoms with van der Waals surface area (Å²) in [5, 5.41) is 0.441. The normalized spacial score (nSPS) is 15.8. The Kier molecular flexibility index (Phi) is 4.55. The lowest BCUT2D eigenvalue weighted by Crippen LogP contribution is -2.37. The number of aromatic amines is 2. The summed E-state index contributed by atoms with van der Waals surface area (Å²) >= 11 is 0. The van der Waals surface area contributed by atoms with Gasteiger partial charge in [0.1, 0.15) is 5.69 Å². The number of nitrogens with zero attached hydrogens (tertiary/aromatic N) is 1. The van der Waals surface area contributed by atoms with Crippen molar-refractivity contribution in [3.8, 4) is 0 Å². The zero-order chi connectivity index (χ0) is 22.7. The topological polar surface area (TPSA) is 78.2 Å². The molecule has 0 spiro atoms. The Labute approximate surface area is 177 Å². The van der Waals surface area contributed by atoms with Gasteiger partial charge >= 0.3 is 0 Å². The van der Waals surface area contributed by atoms with Crippen molar-refractivity contribution < 1.29 is 27.1 Å². The van der Waals surface area contributed by atoms with E-state index in [2.05, 4.69) is 9.97 Å². The molecule has 1 aliphatic rings. The molecule has 2 aromatic carbocycles. The predicted octanol–water partition coefficient (Wildman–Crippen LogP) is 3.91. The molecule has 1 aliphatic heterocycles. The van der Waals surface area contributed by atoms with E-state index < -0.39 is 40.8 Å². The summed E-state index contributed by atoms with van der Waals surface area (Å²) in [6.45, 7) is 0.0713. The van der Waals surface area contributed by atoms with Gasteiger partial charge in [0.25, 0.3) is 11.5 Å². The molecule has 3 heterocycles. The minimum absolute atomic E-state index is 0.0307. The molecule has 2 aromatic heterocycles.